The molecule has 116 valence electrons. The van der Waals surface area contributed by atoms with Crippen LogP contribution in [0.25, 0.3) is 0 Å². The van der Waals surface area contributed by atoms with Gasteiger partial charge >= 0.3 is 6.03 Å². The Morgan fingerprint density at radius 1 is 1.05 bits per heavy atom. The SMILES string of the molecule is Cc1ccc(OCNC(=O)Nc2ccc(C(C)C)cc2)cc1. The van der Waals surface area contributed by atoms with Crippen LogP contribution in [0.1, 0.15) is 30.9 Å². The normalized spacial score (nSPS) is 10.4. The van der Waals surface area contributed by atoms with Crippen molar-refractivity contribution in [2.45, 2.75) is 26.7 Å². The Morgan fingerprint density at radius 2 is 1.68 bits per heavy atom. The lowest BCUT2D eigenvalue weighted by molar-refractivity contribution is 0.234. The lowest BCUT2D eigenvalue weighted by Gasteiger charge is -2.10. The van der Waals surface area contributed by atoms with E-state index in [1.165, 1.54) is 11.1 Å². The third kappa shape index (κ3) is 4.81. The molecule has 0 unspecified atom stereocenters. The number of urea groups is 1. The fraction of sp³-hybridized carbons (Fsp3) is 0.278. The van der Waals surface area contributed by atoms with Crippen LogP contribution >= 0.6 is 0 Å². The predicted molar refractivity (Wildman–Crippen MR) is 89.4 cm³/mol. The highest BCUT2D eigenvalue weighted by Crippen LogP contribution is 2.17. The molecule has 2 N–H and O–H groups in total. The molecular formula is C18H22N2O2. The van der Waals surface area contributed by atoms with Crippen LogP contribution in [0.5, 0.6) is 5.75 Å². The van der Waals surface area contributed by atoms with Crippen molar-refractivity contribution in [3.8, 4) is 5.75 Å². The summed E-state index contributed by atoms with van der Waals surface area (Å²) in [6, 6.07) is 15.2. The molecule has 0 atom stereocenters. The van der Waals surface area contributed by atoms with E-state index in [9.17, 15) is 4.79 Å². The molecule has 2 amide bonds. The Morgan fingerprint density at radius 3 is 2.27 bits per heavy atom. The van der Waals surface area contributed by atoms with Crippen molar-refractivity contribution in [3.63, 3.8) is 0 Å². The first kappa shape index (κ1) is 15.9. The van der Waals surface area contributed by atoms with Gasteiger partial charge in [0.05, 0.1) is 0 Å². The first-order valence-electron chi connectivity index (χ1n) is 7.39. The second kappa shape index (κ2) is 7.50. The Balaban J connectivity index is 1.76. The number of rotatable bonds is 5. The highest BCUT2D eigenvalue weighted by Gasteiger charge is 2.03. The van der Waals surface area contributed by atoms with Crippen LogP contribution in [0.2, 0.25) is 0 Å². The summed E-state index contributed by atoms with van der Waals surface area (Å²) in [5.41, 5.74) is 3.17. The summed E-state index contributed by atoms with van der Waals surface area (Å²) >= 11 is 0. The fourth-order valence-corrected chi connectivity index (χ4v) is 1.95. The van der Waals surface area contributed by atoms with E-state index < -0.39 is 0 Å². The van der Waals surface area contributed by atoms with E-state index in [4.69, 9.17) is 4.74 Å². The van der Waals surface area contributed by atoms with Crippen LogP contribution in [0, 0.1) is 6.92 Å². The van der Waals surface area contributed by atoms with Crippen molar-refractivity contribution in [2.75, 3.05) is 12.0 Å². The summed E-state index contributed by atoms with van der Waals surface area (Å²) < 4.78 is 5.45. The average Bonchev–Trinajstić information content (AvgIpc) is 2.50. The molecule has 0 heterocycles. The van der Waals surface area contributed by atoms with Gasteiger partial charge in [-0.1, -0.05) is 43.7 Å². The van der Waals surface area contributed by atoms with Crippen LogP contribution in [-0.2, 0) is 0 Å². The molecule has 0 saturated carbocycles. The van der Waals surface area contributed by atoms with Gasteiger partial charge in [0.2, 0.25) is 0 Å². The molecule has 0 spiro atoms. The predicted octanol–water partition coefficient (Wildman–Crippen LogP) is 4.28. The number of nitrogens with one attached hydrogen (secondary N) is 2. The van der Waals surface area contributed by atoms with Gasteiger partial charge in [0.15, 0.2) is 6.73 Å². The van der Waals surface area contributed by atoms with Crippen molar-refractivity contribution in [1.82, 2.24) is 5.32 Å². The maximum Gasteiger partial charge on any atom is 0.321 e. The van der Waals surface area contributed by atoms with Crippen LogP contribution in [-0.4, -0.2) is 12.8 Å². The Labute approximate surface area is 131 Å². The molecule has 2 aromatic rings. The number of hydrogen-bond acceptors (Lipinski definition) is 2. The molecular weight excluding hydrogens is 276 g/mol. The second-order valence-corrected chi connectivity index (χ2v) is 5.51. The Bertz CT molecular complexity index is 604. The van der Waals surface area contributed by atoms with Gasteiger partial charge in [-0.2, -0.15) is 0 Å². The zero-order valence-corrected chi connectivity index (χ0v) is 13.2. The van der Waals surface area contributed by atoms with E-state index in [1.54, 1.807) is 0 Å². The maximum absolute atomic E-state index is 11.8. The number of anilines is 1. The zero-order valence-electron chi connectivity index (χ0n) is 13.2. The van der Waals surface area contributed by atoms with Crippen LogP contribution in [0.3, 0.4) is 0 Å². The van der Waals surface area contributed by atoms with E-state index in [2.05, 4.69) is 24.5 Å². The molecule has 0 radical (unpaired) electrons. The summed E-state index contributed by atoms with van der Waals surface area (Å²) in [6.45, 7) is 6.41. The standard InChI is InChI=1S/C18H22N2O2/c1-13(2)15-6-8-16(9-7-15)20-18(21)19-12-22-17-10-4-14(3)5-11-17/h4-11,13H,12H2,1-3H3,(H2,19,20,21). The molecule has 4 heteroatoms. The number of amides is 2. The van der Waals surface area contributed by atoms with Crippen molar-refractivity contribution < 1.29 is 9.53 Å². The van der Waals surface area contributed by atoms with Crippen molar-refractivity contribution in [2.24, 2.45) is 0 Å². The van der Waals surface area contributed by atoms with E-state index in [0.717, 1.165) is 11.4 Å². The second-order valence-electron chi connectivity index (χ2n) is 5.51. The quantitative estimate of drug-likeness (QED) is 0.810. The smallest absolute Gasteiger partial charge is 0.321 e. The van der Waals surface area contributed by atoms with Crippen molar-refractivity contribution >= 4 is 11.7 Å². The van der Waals surface area contributed by atoms with E-state index in [0.29, 0.717) is 5.92 Å². The van der Waals surface area contributed by atoms with Gasteiger partial charge in [-0.15, -0.1) is 0 Å². The Hall–Kier alpha value is -2.49. The van der Waals surface area contributed by atoms with E-state index in [-0.39, 0.29) is 12.8 Å². The van der Waals surface area contributed by atoms with Gasteiger partial charge in [-0.05, 0) is 42.7 Å². The number of benzene rings is 2. The molecule has 0 saturated heterocycles. The van der Waals surface area contributed by atoms with Gasteiger partial charge in [0.1, 0.15) is 5.75 Å². The summed E-state index contributed by atoms with van der Waals surface area (Å²) in [7, 11) is 0. The molecule has 2 aromatic carbocycles. The van der Waals surface area contributed by atoms with Crippen LogP contribution in [0.4, 0.5) is 10.5 Å². The summed E-state index contributed by atoms with van der Waals surface area (Å²) in [5.74, 6) is 1.21. The lowest BCUT2D eigenvalue weighted by Crippen LogP contribution is -2.31. The monoisotopic (exact) mass is 298 g/mol. The number of carbonyl (C=O) groups is 1. The molecule has 4 nitrogen and oxygen atoms in total. The van der Waals surface area contributed by atoms with Gasteiger partial charge in [0.25, 0.3) is 0 Å². The molecule has 0 aliphatic carbocycles. The zero-order chi connectivity index (χ0) is 15.9. The summed E-state index contributed by atoms with van der Waals surface area (Å²) in [4.78, 5) is 11.8. The van der Waals surface area contributed by atoms with E-state index in [1.807, 2.05) is 55.5 Å². The molecule has 0 aromatic heterocycles. The first-order chi connectivity index (χ1) is 10.5. The van der Waals surface area contributed by atoms with Gasteiger partial charge in [-0.3, -0.25) is 0 Å². The van der Waals surface area contributed by atoms with Crippen molar-refractivity contribution in [3.05, 3.63) is 59.7 Å². The maximum atomic E-state index is 11.8. The topological polar surface area (TPSA) is 50.4 Å². The highest BCUT2D eigenvalue weighted by molar-refractivity contribution is 5.89. The molecule has 22 heavy (non-hydrogen) atoms. The van der Waals surface area contributed by atoms with Gasteiger partial charge in [0, 0.05) is 5.69 Å². The minimum Gasteiger partial charge on any atom is -0.473 e. The van der Waals surface area contributed by atoms with Gasteiger partial charge < -0.3 is 15.4 Å². The molecule has 0 bridgehead atoms. The lowest BCUT2D eigenvalue weighted by atomic mass is 10.0. The average molecular weight is 298 g/mol. The molecule has 0 aliphatic heterocycles. The number of carbonyl (C=O) groups excluding carboxylic acids is 1. The number of aryl methyl sites for hydroxylation is 1. The fourth-order valence-electron chi connectivity index (χ4n) is 1.95. The van der Waals surface area contributed by atoms with E-state index >= 15 is 0 Å². The minimum absolute atomic E-state index is 0.124. The number of ether oxygens (including phenoxy) is 1. The summed E-state index contributed by atoms with van der Waals surface area (Å²) in [5, 5.41) is 5.43. The first-order valence-corrected chi connectivity index (χ1v) is 7.39. The minimum atomic E-state index is -0.288. The third-order valence-electron chi connectivity index (χ3n) is 3.33. The third-order valence-corrected chi connectivity index (χ3v) is 3.33. The molecule has 0 fully saturated rings. The highest BCUT2D eigenvalue weighted by atomic mass is 16.5. The molecule has 0 aliphatic rings. The van der Waals surface area contributed by atoms with Crippen LogP contribution in [0.15, 0.2) is 48.5 Å². The van der Waals surface area contributed by atoms with Gasteiger partial charge in [-0.25, -0.2) is 4.79 Å². The summed E-state index contributed by atoms with van der Waals surface area (Å²) in [6.07, 6.45) is 0. The number of hydrogen-bond donors (Lipinski definition) is 2. The molecule has 2 rings (SSSR count). The largest absolute Gasteiger partial charge is 0.473 e. The Kier molecular flexibility index (Phi) is 5.42. The van der Waals surface area contributed by atoms with Crippen molar-refractivity contribution in [1.29, 1.82) is 0 Å². The van der Waals surface area contributed by atoms with Crippen LogP contribution < -0.4 is 15.4 Å².